The van der Waals surface area contributed by atoms with Crippen LogP contribution in [0.1, 0.15) is 29.8 Å². The Hall–Kier alpha value is -2.29. The molecule has 0 aromatic heterocycles. The number of carbonyl (C=O) groups is 1. The van der Waals surface area contributed by atoms with Crippen LogP contribution in [-0.4, -0.2) is 30.5 Å². The van der Waals surface area contributed by atoms with Gasteiger partial charge in [-0.3, -0.25) is 4.79 Å². The molecule has 0 unspecified atom stereocenters. The van der Waals surface area contributed by atoms with Crippen LogP contribution in [0, 0.1) is 0 Å². The first-order valence-electron chi connectivity index (χ1n) is 7.60. The summed E-state index contributed by atoms with van der Waals surface area (Å²) < 4.78 is 5.14. The predicted molar refractivity (Wildman–Crippen MR) is 89.3 cm³/mol. The van der Waals surface area contributed by atoms with E-state index in [0.717, 1.165) is 12.2 Å². The van der Waals surface area contributed by atoms with E-state index in [-0.39, 0.29) is 11.9 Å². The van der Waals surface area contributed by atoms with Crippen molar-refractivity contribution in [1.29, 1.82) is 0 Å². The van der Waals surface area contributed by atoms with Gasteiger partial charge in [0.15, 0.2) is 0 Å². The monoisotopic (exact) mass is 297 g/mol. The van der Waals surface area contributed by atoms with E-state index in [0.29, 0.717) is 12.1 Å². The zero-order valence-corrected chi connectivity index (χ0v) is 13.5. The van der Waals surface area contributed by atoms with Crippen LogP contribution in [-0.2, 0) is 6.42 Å². The molecule has 22 heavy (non-hydrogen) atoms. The van der Waals surface area contributed by atoms with Crippen molar-refractivity contribution in [3.63, 3.8) is 0 Å². The maximum Gasteiger partial charge on any atom is 0.254 e. The van der Waals surface area contributed by atoms with E-state index < -0.39 is 0 Å². The van der Waals surface area contributed by atoms with E-state index in [1.54, 1.807) is 7.11 Å². The fraction of sp³-hybridized carbons (Fsp3) is 0.316. The van der Waals surface area contributed by atoms with Crippen molar-refractivity contribution < 1.29 is 9.53 Å². The molecule has 0 saturated heterocycles. The van der Waals surface area contributed by atoms with Crippen LogP contribution in [0.15, 0.2) is 54.6 Å². The van der Waals surface area contributed by atoms with Crippen LogP contribution in [0.4, 0.5) is 0 Å². The molecule has 0 heterocycles. The van der Waals surface area contributed by atoms with E-state index in [4.69, 9.17) is 4.74 Å². The van der Waals surface area contributed by atoms with Crippen molar-refractivity contribution >= 4 is 5.91 Å². The van der Waals surface area contributed by atoms with Gasteiger partial charge in [0.2, 0.25) is 0 Å². The molecule has 0 aliphatic carbocycles. The summed E-state index contributed by atoms with van der Waals surface area (Å²) in [6, 6.07) is 17.7. The molecular weight excluding hydrogens is 274 g/mol. The van der Waals surface area contributed by atoms with Crippen molar-refractivity contribution in [2.24, 2.45) is 0 Å². The first kappa shape index (κ1) is 16.1. The third-order valence-corrected chi connectivity index (χ3v) is 3.71. The fourth-order valence-corrected chi connectivity index (χ4v) is 2.39. The second-order valence-electron chi connectivity index (χ2n) is 5.56. The van der Waals surface area contributed by atoms with Gasteiger partial charge in [-0.2, -0.15) is 0 Å². The topological polar surface area (TPSA) is 29.5 Å². The van der Waals surface area contributed by atoms with Crippen LogP contribution < -0.4 is 4.74 Å². The summed E-state index contributed by atoms with van der Waals surface area (Å²) in [5.74, 6) is 0.825. The summed E-state index contributed by atoms with van der Waals surface area (Å²) in [5.41, 5.74) is 1.94. The maximum atomic E-state index is 12.7. The van der Waals surface area contributed by atoms with Gasteiger partial charge in [-0.05, 0) is 50.1 Å². The fourth-order valence-electron chi connectivity index (χ4n) is 2.39. The lowest BCUT2D eigenvalue weighted by Gasteiger charge is -2.27. The highest BCUT2D eigenvalue weighted by Crippen LogP contribution is 2.15. The molecule has 2 aromatic carbocycles. The highest BCUT2D eigenvalue weighted by Gasteiger charge is 2.18. The normalized spacial score (nSPS) is 10.5. The lowest BCUT2D eigenvalue weighted by atomic mass is 10.1. The number of carbonyl (C=O) groups excluding carboxylic acids is 1. The second kappa shape index (κ2) is 7.64. The first-order chi connectivity index (χ1) is 10.6. The molecule has 0 aliphatic heterocycles. The van der Waals surface area contributed by atoms with Gasteiger partial charge in [-0.1, -0.05) is 30.3 Å². The third kappa shape index (κ3) is 4.10. The van der Waals surface area contributed by atoms with Gasteiger partial charge in [0, 0.05) is 18.2 Å². The number of rotatable bonds is 6. The summed E-state index contributed by atoms with van der Waals surface area (Å²) in [5, 5.41) is 0. The molecule has 1 amide bonds. The average molecular weight is 297 g/mol. The van der Waals surface area contributed by atoms with Gasteiger partial charge in [-0.25, -0.2) is 0 Å². The quantitative estimate of drug-likeness (QED) is 0.812. The summed E-state index contributed by atoms with van der Waals surface area (Å²) >= 11 is 0. The highest BCUT2D eigenvalue weighted by atomic mass is 16.5. The van der Waals surface area contributed by atoms with Crippen molar-refractivity contribution in [1.82, 2.24) is 4.90 Å². The van der Waals surface area contributed by atoms with E-state index in [1.807, 2.05) is 61.2 Å². The Morgan fingerprint density at radius 3 is 2.23 bits per heavy atom. The summed E-state index contributed by atoms with van der Waals surface area (Å²) in [6.07, 6.45) is 0.862. The molecule has 0 atom stereocenters. The van der Waals surface area contributed by atoms with Gasteiger partial charge in [0.05, 0.1) is 7.11 Å². The molecule has 0 aliphatic rings. The van der Waals surface area contributed by atoms with Gasteiger partial charge in [0.25, 0.3) is 5.91 Å². The highest BCUT2D eigenvalue weighted by molar-refractivity contribution is 5.94. The van der Waals surface area contributed by atoms with E-state index in [2.05, 4.69) is 12.1 Å². The Morgan fingerprint density at radius 2 is 1.68 bits per heavy atom. The maximum absolute atomic E-state index is 12.7. The Kier molecular flexibility index (Phi) is 5.59. The Bertz CT molecular complexity index is 591. The minimum Gasteiger partial charge on any atom is -0.497 e. The Labute approximate surface area is 132 Å². The Morgan fingerprint density at radius 1 is 1.05 bits per heavy atom. The van der Waals surface area contributed by atoms with Crippen LogP contribution >= 0.6 is 0 Å². The van der Waals surface area contributed by atoms with Crippen LogP contribution in [0.25, 0.3) is 0 Å². The van der Waals surface area contributed by atoms with Gasteiger partial charge in [-0.15, -0.1) is 0 Å². The van der Waals surface area contributed by atoms with E-state index in [1.165, 1.54) is 5.56 Å². The lowest BCUT2D eigenvalue weighted by Crippen LogP contribution is -2.38. The van der Waals surface area contributed by atoms with Crippen molar-refractivity contribution in [3.05, 3.63) is 65.7 Å². The molecule has 3 nitrogen and oxygen atoms in total. The zero-order chi connectivity index (χ0) is 15.9. The lowest BCUT2D eigenvalue weighted by molar-refractivity contribution is 0.0708. The summed E-state index contributed by atoms with van der Waals surface area (Å²) in [4.78, 5) is 14.6. The Balaban J connectivity index is 2.07. The van der Waals surface area contributed by atoms with Gasteiger partial charge in [0.1, 0.15) is 5.75 Å². The molecule has 0 fully saturated rings. The number of hydrogen-bond acceptors (Lipinski definition) is 2. The number of amides is 1. The van der Waals surface area contributed by atoms with E-state index in [9.17, 15) is 4.79 Å². The van der Waals surface area contributed by atoms with Crippen molar-refractivity contribution in [2.45, 2.75) is 26.3 Å². The molecule has 2 aromatic rings. The third-order valence-electron chi connectivity index (χ3n) is 3.71. The zero-order valence-electron chi connectivity index (χ0n) is 13.5. The standard InChI is InChI=1S/C19H23NO2/c1-15(2)20(14-13-16-7-5-4-6-8-16)19(21)17-9-11-18(22-3)12-10-17/h4-12,15H,13-14H2,1-3H3. The number of methoxy groups -OCH3 is 1. The first-order valence-corrected chi connectivity index (χ1v) is 7.60. The molecule has 0 saturated carbocycles. The van der Waals surface area contributed by atoms with E-state index >= 15 is 0 Å². The minimum absolute atomic E-state index is 0.0635. The van der Waals surface area contributed by atoms with Gasteiger partial charge >= 0.3 is 0 Å². The van der Waals surface area contributed by atoms with Crippen molar-refractivity contribution in [3.8, 4) is 5.75 Å². The van der Waals surface area contributed by atoms with Crippen LogP contribution in [0.2, 0.25) is 0 Å². The number of benzene rings is 2. The molecule has 3 heteroatoms. The molecule has 0 spiro atoms. The average Bonchev–Trinajstić information content (AvgIpc) is 2.55. The molecule has 0 bridgehead atoms. The summed E-state index contributed by atoms with van der Waals surface area (Å²) in [6.45, 7) is 4.81. The molecule has 2 rings (SSSR count). The molecular formula is C19H23NO2. The minimum atomic E-state index is 0.0635. The largest absolute Gasteiger partial charge is 0.497 e. The smallest absolute Gasteiger partial charge is 0.254 e. The number of hydrogen-bond donors (Lipinski definition) is 0. The number of ether oxygens (including phenoxy) is 1. The van der Waals surface area contributed by atoms with Crippen LogP contribution in [0.3, 0.4) is 0 Å². The predicted octanol–water partition coefficient (Wildman–Crippen LogP) is 3.79. The summed E-state index contributed by atoms with van der Waals surface area (Å²) in [7, 11) is 1.62. The molecule has 0 radical (unpaired) electrons. The van der Waals surface area contributed by atoms with Crippen LogP contribution in [0.5, 0.6) is 5.75 Å². The number of nitrogens with zero attached hydrogens (tertiary/aromatic N) is 1. The molecule has 0 N–H and O–H groups in total. The van der Waals surface area contributed by atoms with Gasteiger partial charge < -0.3 is 9.64 Å². The molecule has 116 valence electrons. The second-order valence-corrected chi connectivity index (χ2v) is 5.56. The van der Waals surface area contributed by atoms with Crippen molar-refractivity contribution in [2.75, 3.05) is 13.7 Å². The SMILES string of the molecule is COc1ccc(C(=O)N(CCc2ccccc2)C(C)C)cc1.